The van der Waals surface area contributed by atoms with Gasteiger partial charge in [-0.1, -0.05) is 6.42 Å². The standard InChI is InChI=1S/C12H16O3S/c13-12(9-4-5-15-8-9)6-10-2-1-3-11(7-12)16(10)14/h4-5,8,10-11,13H,1-3,6-7H2. The van der Waals surface area contributed by atoms with E-state index in [9.17, 15) is 9.32 Å². The van der Waals surface area contributed by atoms with Crippen LogP contribution in [0.3, 0.4) is 0 Å². The summed E-state index contributed by atoms with van der Waals surface area (Å²) in [5, 5.41) is 11.0. The fourth-order valence-electron chi connectivity index (χ4n) is 3.05. The summed E-state index contributed by atoms with van der Waals surface area (Å²) in [5.74, 6) is 0. The Balaban J connectivity index is 1.92. The highest BCUT2D eigenvalue weighted by Crippen LogP contribution is 2.44. The Bertz CT molecular complexity index is 382. The minimum atomic E-state index is -0.809. The minimum absolute atomic E-state index is 0.174. The van der Waals surface area contributed by atoms with Crippen molar-refractivity contribution < 1.29 is 13.7 Å². The molecular weight excluding hydrogens is 224 g/mol. The topological polar surface area (TPSA) is 50.4 Å². The highest BCUT2D eigenvalue weighted by Gasteiger charge is 2.46. The van der Waals surface area contributed by atoms with E-state index in [2.05, 4.69) is 0 Å². The van der Waals surface area contributed by atoms with Crippen LogP contribution in [0, 0.1) is 0 Å². The molecule has 88 valence electrons. The molecule has 0 spiro atoms. The van der Waals surface area contributed by atoms with Crippen LogP contribution >= 0.6 is 0 Å². The second-order valence-electron chi connectivity index (χ2n) is 4.96. The summed E-state index contributed by atoms with van der Waals surface area (Å²) in [5.41, 5.74) is 0.0394. The van der Waals surface area contributed by atoms with Crippen molar-refractivity contribution in [1.29, 1.82) is 0 Å². The van der Waals surface area contributed by atoms with Crippen LogP contribution in [0.25, 0.3) is 0 Å². The van der Waals surface area contributed by atoms with E-state index < -0.39 is 16.4 Å². The first-order chi connectivity index (χ1) is 7.69. The summed E-state index contributed by atoms with van der Waals surface area (Å²) in [4.78, 5) is 0. The zero-order valence-electron chi connectivity index (χ0n) is 9.09. The molecule has 2 unspecified atom stereocenters. The molecule has 2 atom stereocenters. The number of fused-ring (bicyclic) bond motifs is 2. The third kappa shape index (κ3) is 1.55. The smallest absolute Gasteiger partial charge is 0.0963 e. The van der Waals surface area contributed by atoms with Crippen LogP contribution in [0.5, 0.6) is 0 Å². The van der Waals surface area contributed by atoms with Crippen LogP contribution in [0.15, 0.2) is 23.0 Å². The highest BCUT2D eigenvalue weighted by atomic mass is 32.2. The van der Waals surface area contributed by atoms with Crippen molar-refractivity contribution in [3.8, 4) is 0 Å². The Labute approximate surface area is 97.3 Å². The van der Waals surface area contributed by atoms with E-state index in [1.807, 2.05) is 6.07 Å². The highest BCUT2D eigenvalue weighted by molar-refractivity contribution is 7.86. The van der Waals surface area contributed by atoms with Crippen molar-refractivity contribution in [1.82, 2.24) is 0 Å². The van der Waals surface area contributed by atoms with Crippen LogP contribution in [-0.4, -0.2) is 19.8 Å². The molecule has 1 N–H and O–H groups in total. The quantitative estimate of drug-likeness (QED) is 0.816. The van der Waals surface area contributed by atoms with Crippen LogP contribution < -0.4 is 0 Å². The summed E-state index contributed by atoms with van der Waals surface area (Å²) in [6.45, 7) is 0. The summed E-state index contributed by atoms with van der Waals surface area (Å²) in [7, 11) is -0.735. The molecule has 2 aliphatic heterocycles. The van der Waals surface area contributed by atoms with Gasteiger partial charge in [-0.05, 0) is 31.7 Å². The molecule has 2 fully saturated rings. The van der Waals surface area contributed by atoms with Crippen LogP contribution in [0.2, 0.25) is 0 Å². The molecular formula is C12H16O3S. The van der Waals surface area contributed by atoms with Crippen molar-refractivity contribution in [3.63, 3.8) is 0 Å². The Kier molecular flexibility index (Phi) is 2.44. The van der Waals surface area contributed by atoms with Gasteiger partial charge in [0.1, 0.15) is 0 Å². The van der Waals surface area contributed by atoms with E-state index >= 15 is 0 Å². The molecule has 2 bridgehead atoms. The summed E-state index contributed by atoms with van der Waals surface area (Å²) < 4.78 is 17.1. The zero-order chi connectivity index (χ0) is 11.2. The molecule has 3 rings (SSSR count). The fourth-order valence-corrected chi connectivity index (χ4v) is 5.27. The fraction of sp³-hybridized carbons (Fsp3) is 0.667. The maximum absolute atomic E-state index is 12.0. The molecule has 3 heterocycles. The van der Waals surface area contributed by atoms with E-state index in [0.717, 1.165) is 24.8 Å². The first-order valence-corrected chi connectivity index (χ1v) is 7.11. The Morgan fingerprint density at radius 3 is 2.62 bits per heavy atom. The van der Waals surface area contributed by atoms with Gasteiger partial charge < -0.3 is 9.52 Å². The minimum Gasteiger partial charge on any atom is -0.472 e. The Morgan fingerprint density at radius 2 is 2.06 bits per heavy atom. The predicted octanol–water partition coefficient (Wildman–Crippen LogP) is 1.93. The lowest BCUT2D eigenvalue weighted by Gasteiger charge is -2.43. The summed E-state index contributed by atoms with van der Waals surface area (Å²) in [6.07, 6.45) is 7.58. The lowest BCUT2D eigenvalue weighted by atomic mass is 9.82. The van der Waals surface area contributed by atoms with Crippen LogP contribution in [-0.2, 0) is 16.4 Å². The van der Waals surface area contributed by atoms with Crippen molar-refractivity contribution in [3.05, 3.63) is 24.2 Å². The molecule has 0 amide bonds. The monoisotopic (exact) mass is 240 g/mol. The van der Waals surface area contributed by atoms with Crippen molar-refractivity contribution in [2.75, 3.05) is 0 Å². The van der Waals surface area contributed by atoms with Gasteiger partial charge in [-0.3, -0.25) is 4.21 Å². The lowest BCUT2D eigenvalue weighted by Crippen LogP contribution is -2.47. The molecule has 1 aromatic rings. The first kappa shape index (κ1) is 10.5. The zero-order valence-corrected chi connectivity index (χ0v) is 9.91. The molecule has 0 aliphatic carbocycles. The summed E-state index contributed by atoms with van der Waals surface area (Å²) in [6, 6.07) is 1.82. The van der Waals surface area contributed by atoms with Gasteiger partial charge in [0.05, 0.1) is 18.1 Å². The lowest BCUT2D eigenvalue weighted by molar-refractivity contribution is 0.00604. The van der Waals surface area contributed by atoms with Crippen LogP contribution in [0.4, 0.5) is 0 Å². The largest absolute Gasteiger partial charge is 0.472 e. The number of hydrogen-bond donors (Lipinski definition) is 1. The van der Waals surface area contributed by atoms with Gasteiger partial charge in [0.2, 0.25) is 0 Å². The average molecular weight is 240 g/mol. The molecule has 0 saturated carbocycles. The SMILES string of the molecule is O=S1C2CCCC1CC(O)(c1ccoc1)C2. The van der Waals surface area contributed by atoms with Crippen molar-refractivity contribution >= 4 is 10.8 Å². The Hall–Kier alpha value is -0.610. The maximum Gasteiger partial charge on any atom is 0.0963 e. The number of aliphatic hydroxyl groups is 1. The Morgan fingerprint density at radius 1 is 1.38 bits per heavy atom. The maximum atomic E-state index is 12.0. The van der Waals surface area contributed by atoms with Crippen molar-refractivity contribution in [2.45, 2.75) is 48.2 Å². The van der Waals surface area contributed by atoms with E-state index in [4.69, 9.17) is 4.42 Å². The molecule has 3 nitrogen and oxygen atoms in total. The molecule has 2 saturated heterocycles. The van der Waals surface area contributed by atoms with Gasteiger partial charge in [0.25, 0.3) is 0 Å². The van der Waals surface area contributed by atoms with Gasteiger partial charge in [-0.25, -0.2) is 0 Å². The van der Waals surface area contributed by atoms with E-state index in [1.165, 1.54) is 0 Å². The summed E-state index contributed by atoms with van der Waals surface area (Å²) >= 11 is 0. The van der Waals surface area contributed by atoms with Gasteiger partial charge >= 0.3 is 0 Å². The number of hydrogen-bond acceptors (Lipinski definition) is 3. The van der Waals surface area contributed by atoms with E-state index in [1.54, 1.807) is 12.5 Å². The number of furan rings is 1. The molecule has 0 radical (unpaired) electrons. The van der Waals surface area contributed by atoms with Gasteiger partial charge in [-0.15, -0.1) is 0 Å². The molecule has 16 heavy (non-hydrogen) atoms. The normalized spacial score (nSPS) is 43.2. The average Bonchev–Trinajstić information content (AvgIpc) is 2.74. The molecule has 1 aromatic heterocycles. The number of rotatable bonds is 1. The van der Waals surface area contributed by atoms with Crippen molar-refractivity contribution in [2.24, 2.45) is 0 Å². The third-order valence-electron chi connectivity index (χ3n) is 3.90. The first-order valence-electron chi connectivity index (χ1n) is 5.83. The van der Waals surface area contributed by atoms with Gasteiger partial charge in [-0.2, -0.15) is 0 Å². The van der Waals surface area contributed by atoms with Crippen LogP contribution in [0.1, 0.15) is 37.7 Å². The predicted molar refractivity (Wildman–Crippen MR) is 61.4 cm³/mol. The second kappa shape index (κ2) is 3.70. The molecule has 2 aliphatic rings. The van der Waals surface area contributed by atoms with Gasteiger partial charge in [0, 0.05) is 26.9 Å². The molecule has 4 heteroatoms. The molecule has 0 aromatic carbocycles. The van der Waals surface area contributed by atoms with Gasteiger partial charge in [0.15, 0.2) is 0 Å². The van der Waals surface area contributed by atoms with E-state index in [-0.39, 0.29) is 10.5 Å². The van der Waals surface area contributed by atoms with E-state index in [0.29, 0.717) is 12.8 Å². The second-order valence-corrected chi connectivity index (χ2v) is 6.95. The third-order valence-corrected chi connectivity index (χ3v) is 6.02.